The van der Waals surface area contributed by atoms with Crippen molar-refractivity contribution in [1.29, 1.82) is 0 Å². The van der Waals surface area contributed by atoms with Gasteiger partial charge in [-0.25, -0.2) is 0 Å². The van der Waals surface area contributed by atoms with Crippen molar-refractivity contribution in [1.82, 2.24) is 5.32 Å². The molecule has 0 amide bonds. The van der Waals surface area contributed by atoms with Crippen LogP contribution in [0.25, 0.3) is 0 Å². The number of ether oxygens (including phenoxy) is 2. The number of fused-ring (bicyclic) bond motifs is 2. The molecular formula is C17H17NO2S. The van der Waals surface area contributed by atoms with Gasteiger partial charge in [-0.05, 0) is 17.2 Å². The molecule has 0 fully saturated rings. The van der Waals surface area contributed by atoms with E-state index in [0.717, 1.165) is 35.1 Å². The predicted molar refractivity (Wildman–Crippen MR) is 84.7 cm³/mol. The molecule has 4 rings (SSSR count). The largest absolute Gasteiger partial charge is 0.454 e. The van der Waals surface area contributed by atoms with Gasteiger partial charge in [-0.1, -0.05) is 36.4 Å². The average Bonchev–Trinajstić information content (AvgIpc) is 3.02. The standard InChI is InChI=1S/C17H17NO2S/c1-2-6-14-13(4-1)9-21-10-15(14)18-8-12-5-3-7-16-17(12)20-11-19-16/h1-7,15,18H,8-11H2. The Kier molecular flexibility index (Phi) is 3.49. The van der Waals surface area contributed by atoms with E-state index in [1.165, 1.54) is 11.1 Å². The lowest BCUT2D eigenvalue weighted by molar-refractivity contribution is 0.173. The van der Waals surface area contributed by atoms with E-state index < -0.39 is 0 Å². The Balaban J connectivity index is 1.52. The highest BCUT2D eigenvalue weighted by molar-refractivity contribution is 7.98. The maximum atomic E-state index is 5.57. The Morgan fingerprint density at radius 3 is 3.05 bits per heavy atom. The zero-order valence-electron chi connectivity index (χ0n) is 11.7. The molecule has 0 spiro atoms. The van der Waals surface area contributed by atoms with E-state index in [0.29, 0.717) is 12.8 Å². The molecule has 1 unspecified atom stereocenters. The molecule has 0 saturated carbocycles. The highest BCUT2D eigenvalue weighted by Crippen LogP contribution is 2.36. The van der Waals surface area contributed by atoms with Gasteiger partial charge in [0.05, 0.1) is 0 Å². The third-order valence-corrected chi connectivity index (χ3v) is 5.07. The number of rotatable bonds is 3. The number of para-hydroxylation sites is 1. The van der Waals surface area contributed by atoms with Gasteiger partial charge in [-0.15, -0.1) is 0 Å². The molecule has 108 valence electrons. The minimum atomic E-state index is 0.328. The van der Waals surface area contributed by atoms with Gasteiger partial charge in [0, 0.05) is 29.7 Å². The van der Waals surface area contributed by atoms with Gasteiger partial charge in [0.25, 0.3) is 0 Å². The van der Waals surface area contributed by atoms with Crippen LogP contribution in [0.1, 0.15) is 22.7 Å². The molecule has 1 atom stereocenters. The summed E-state index contributed by atoms with van der Waals surface area (Å²) in [5, 5.41) is 3.67. The van der Waals surface area contributed by atoms with E-state index in [-0.39, 0.29) is 0 Å². The number of hydrogen-bond donors (Lipinski definition) is 1. The molecule has 0 aromatic heterocycles. The average molecular weight is 299 g/mol. The molecule has 0 radical (unpaired) electrons. The Bertz CT molecular complexity index is 659. The van der Waals surface area contributed by atoms with Gasteiger partial charge < -0.3 is 14.8 Å². The summed E-state index contributed by atoms with van der Waals surface area (Å²) in [6, 6.07) is 15.2. The van der Waals surface area contributed by atoms with Crippen LogP contribution < -0.4 is 14.8 Å². The molecular weight excluding hydrogens is 282 g/mol. The van der Waals surface area contributed by atoms with Gasteiger partial charge in [-0.3, -0.25) is 0 Å². The lowest BCUT2D eigenvalue weighted by Gasteiger charge is -2.26. The van der Waals surface area contributed by atoms with Crippen molar-refractivity contribution < 1.29 is 9.47 Å². The number of benzene rings is 2. The first-order chi connectivity index (χ1) is 10.4. The second kappa shape index (κ2) is 5.62. The Morgan fingerprint density at radius 1 is 1.10 bits per heavy atom. The maximum absolute atomic E-state index is 5.57. The smallest absolute Gasteiger partial charge is 0.231 e. The molecule has 2 aromatic carbocycles. The van der Waals surface area contributed by atoms with E-state index >= 15 is 0 Å². The topological polar surface area (TPSA) is 30.5 Å². The predicted octanol–water partition coefficient (Wildman–Crippen LogP) is 3.49. The van der Waals surface area contributed by atoms with Crippen molar-refractivity contribution in [2.45, 2.75) is 18.3 Å². The zero-order valence-corrected chi connectivity index (χ0v) is 12.5. The van der Waals surface area contributed by atoms with Crippen molar-refractivity contribution in [3.05, 3.63) is 59.2 Å². The summed E-state index contributed by atoms with van der Waals surface area (Å²) in [5.74, 6) is 3.98. The summed E-state index contributed by atoms with van der Waals surface area (Å²) in [4.78, 5) is 0. The van der Waals surface area contributed by atoms with Crippen LogP contribution in [0.5, 0.6) is 11.5 Å². The molecule has 2 aromatic rings. The highest BCUT2D eigenvalue weighted by atomic mass is 32.2. The Morgan fingerprint density at radius 2 is 2.05 bits per heavy atom. The first-order valence-corrected chi connectivity index (χ1v) is 8.34. The van der Waals surface area contributed by atoms with Crippen molar-refractivity contribution in [2.75, 3.05) is 12.5 Å². The molecule has 21 heavy (non-hydrogen) atoms. The summed E-state index contributed by atoms with van der Waals surface area (Å²) in [5.41, 5.74) is 4.04. The molecule has 2 heterocycles. The SMILES string of the molecule is c1ccc2c(c1)CSCC2NCc1cccc2c1OCO2. The van der Waals surface area contributed by atoms with Crippen molar-refractivity contribution in [3.63, 3.8) is 0 Å². The second-order valence-corrected chi connectivity index (χ2v) is 6.33. The fraction of sp³-hybridized carbons (Fsp3) is 0.294. The fourth-order valence-corrected chi connectivity index (χ4v) is 4.05. The molecule has 0 saturated heterocycles. The molecule has 4 heteroatoms. The van der Waals surface area contributed by atoms with Gasteiger partial charge in [0.1, 0.15) is 0 Å². The maximum Gasteiger partial charge on any atom is 0.231 e. The van der Waals surface area contributed by atoms with Crippen LogP contribution in [0.2, 0.25) is 0 Å². The van der Waals surface area contributed by atoms with Crippen LogP contribution in [0.15, 0.2) is 42.5 Å². The summed E-state index contributed by atoms with van der Waals surface area (Å²) >= 11 is 1.99. The normalized spacial score (nSPS) is 19.3. The third kappa shape index (κ3) is 2.49. The summed E-state index contributed by atoms with van der Waals surface area (Å²) in [6.45, 7) is 1.13. The summed E-state index contributed by atoms with van der Waals surface area (Å²) in [6.07, 6.45) is 0. The molecule has 3 nitrogen and oxygen atoms in total. The summed E-state index contributed by atoms with van der Waals surface area (Å²) in [7, 11) is 0. The van der Waals surface area contributed by atoms with E-state index in [4.69, 9.17) is 9.47 Å². The van der Waals surface area contributed by atoms with Crippen molar-refractivity contribution in [2.24, 2.45) is 0 Å². The van der Waals surface area contributed by atoms with E-state index in [1.54, 1.807) is 0 Å². The van der Waals surface area contributed by atoms with Gasteiger partial charge in [0.15, 0.2) is 11.5 Å². The molecule has 0 aliphatic carbocycles. The lowest BCUT2D eigenvalue weighted by atomic mass is 10.0. The van der Waals surface area contributed by atoms with Crippen LogP contribution in [0.3, 0.4) is 0 Å². The van der Waals surface area contributed by atoms with Crippen LogP contribution in [-0.2, 0) is 12.3 Å². The van der Waals surface area contributed by atoms with Crippen molar-refractivity contribution >= 4 is 11.8 Å². The summed E-state index contributed by atoms with van der Waals surface area (Å²) < 4.78 is 11.0. The quantitative estimate of drug-likeness (QED) is 0.940. The fourth-order valence-electron chi connectivity index (χ4n) is 2.91. The zero-order chi connectivity index (χ0) is 14.1. The van der Waals surface area contributed by atoms with E-state index in [2.05, 4.69) is 35.6 Å². The van der Waals surface area contributed by atoms with E-state index in [9.17, 15) is 0 Å². The van der Waals surface area contributed by atoms with Gasteiger partial charge in [-0.2, -0.15) is 11.8 Å². The second-order valence-electron chi connectivity index (χ2n) is 5.30. The Hall–Kier alpha value is -1.65. The highest BCUT2D eigenvalue weighted by Gasteiger charge is 2.21. The molecule has 2 aliphatic rings. The molecule has 1 N–H and O–H groups in total. The first kappa shape index (κ1) is 13.0. The van der Waals surface area contributed by atoms with Crippen LogP contribution >= 0.6 is 11.8 Å². The first-order valence-electron chi connectivity index (χ1n) is 7.18. The molecule has 0 bridgehead atoms. The van der Waals surface area contributed by atoms with Crippen LogP contribution in [0.4, 0.5) is 0 Å². The molecule has 2 aliphatic heterocycles. The van der Waals surface area contributed by atoms with Gasteiger partial charge >= 0.3 is 0 Å². The van der Waals surface area contributed by atoms with Crippen LogP contribution in [-0.4, -0.2) is 12.5 Å². The van der Waals surface area contributed by atoms with Gasteiger partial charge in [0.2, 0.25) is 6.79 Å². The van der Waals surface area contributed by atoms with E-state index in [1.807, 2.05) is 23.9 Å². The Labute approximate surface area is 128 Å². The number of hydrogen-bond acceptors (Lipinski definition) is 4. The minimum absolute atomic E-state index is 0.328. The number of nitrogens with one attached hydrogen (secondary N) is 1. The van der Waals surface area contributed by atoms with Crippen LogP contribution in [0, 0.1) is 0 Å². The lowest BCUT2D eigenvalue weighted by Crippen LogP contribution is -2.26. The monoisotopic (exact) mass is 299 g/mol. The van der Waals surface area contributed by atoms with Crippen molar-refractivity contribution in [3.8, 4) is 11.5 Å². The minimum Gasteiger partial charge on any atom is -0.454 e. The third-order valence-electron chi connectivity index (χ3n) is 3.99. The number of thioether (sulfide) groups is 1.